The van der Waals surface area contributed by atoms with Crippen LogP contribution in [0.5, 0.6) is 0 Å². The van der Waals surface area contributed by atoms with Crippen LogP contribution >= 0.6 is 0 Å². The van der Waals surface area contributed by atoms with Crippen LogP contribution in [-0.4, -0.2) is 29.5 Å². The Balaban J connectivity index is 3.88. The first-order chi connectivity index (χ1) is 4.09. The van der Waals surface area contributed by atoms with Gasteiger partial charge in [0.2, 0.25) is 5.78 Å². The molecular weight excluding hydrogens is 127 g/mol. The van der Waals surface area contributed by atoms with Gasteiger partial charge in [0.25, 0.3) is 0 Å². The number of aliphatic hydroxyl groups is 1. The van der Waals surface area contributed by atoms with E-state index in [1.54, 1.807) is 0 Å². The SMILES string of the molecule is CC(=O)C(=O)C(F)CO. The third-order valence-corrected chi connectivity index (χ3v) is 0.792. The minimum atomic E-state index is -2.04. The van der Waals surface area contributed by atoms with Crippen molar-refractivity contribution < 1.29 is 19.1 Å². The molecule has 9 heavy (non-hydrogen) atoms. The van der Waals surface area contributed by atoms with Crippen LogP contribution in [0.3, 0.4) is 0 Å². The van der Waals surface area contributed by atoms with E-state index in [9.17, 15) is 14.0 Å². The minimum absolute atomic E-state index is 0.864. The monoisotopic (exact) mass is 134 g/mol. The fraction of sp³-hybridized carbons (Fsp3) is 0.600. The molecule has 0 fully saturated rings. The van der Waals surface area contributed by atoms with Crippen LogP contribution in [0.4, 0.5) is 4.39 Å². The van der Waals surface area contributed by atoms with E-state index >= 15 is 0 Å². The first-order valence-corrected chi connectivity index (χ1v) is 2.39. The maximum absolute atomic E-state index is 12.0. The molecule has 1 atom stereocenters. The van der Waals surface area contributed by atoms with E-state index in [4.69, 9.17) is 5.11 Å². The molecule has 0 spiro atoms. The summed E-state index contributed by atoms with van der Waals surface area (Å²) in [6.07, 6.45) is -2.04. The average Bonchev–Trinajstić information content (AvgIpc) is 1.84. The lowest BCUT2D eigenvalue weighted by atomic mass is 10.2. The lowest BCUT2D eigenvalue weighted by molar-refractivity contribution is -0.139. The molecule has 0 aliphatic carbocycles. The number of halogens is 1. The normalized spacial score (nSPS) is 12.8. The van der Waals surface area contributed by atoms with Crippen molar-refractivity contribution in [1.82, 2.24) is 0 Å². The molecule has 0 aromatic carbocycles. The number of carbonyl (C=O) groups is 2. The molecule has 52 valence electrons. The van der Waals surface area contributed by atoms with Gasteiger partial charge in [-0.25, -0.2) is 4.39 Å². The fourth-order valence-electron chi connectivity index (χ4n) is 0.303. The minimum Gasteiger partial charge on any atom is -0.393 e. The quantitative estimate of drug-likeness (QED) is 0.528. The molecule has 0 saturated carbocycles. The standard InChI is InChI=1S/C5H7FO3/c1-3(8)5(9)4(6)2-7/h4,7H,2H2,1H3. The van der Waals surface area contributed by atoms with Crippen molar-refractivity contribution in [2.45, 2.75) is 13.1 Å². The first kappa shape index (κ1) is 8.23. The molecule has 1 N–H and O–H groups in total. The van der Waals surface area contributed by atoms with Gasteiger partial charge in [0.15, 0.2) is 12.0 Å². The average molecular weight is 134 g/mol. The fourth-order valence-corrected chi connectivity index (χ4v) is 0.303. The highest BCUT2D eigenvalue weighted by Crippen LogP contribution is 1.91. The smallest absolute Gasteiger partial charge is 0.234 e. The van der Waals surface area contributed by atoms with E-state index in [-0.39, 0.29) is 0 Å². The van der Waals surface area contributed by atoms with Crippen molar-refractivity contribution in [2.75, 3.05) is 6.61 Å². The number of rotatable bonds is 3. The van der Waals surface area contributed by atoms with E-state index in [0.29, 0.717) is 0 Å². The van der Waals surface area contributed by atoms with Gasteiger partial charge in [0, 0.05) is 6.92 Å². The van der Waals surface area contributed by atoms with Crippen LogP contribution in [0.15, 0.2) is 0 Å². The van der Waals surface area contributed by atoms with Crippen molar-refractivity contribution in [2.24, 2.45) is 0 Å². The number of hydrogen-bond donors (Lipinski definition) is 1. The van der Waals surface area contributed by atoms with E-state index < -0.39 is 24.3 Å². The number of carbonyl (C=O) groups excluding carboxylic acids is 2. The molecule has 0 aliphatic heterocycles. The topological polar surface area (TPSA) is 54.4 Å². The van der Waals surface area contributed by atoms with E-state index in [1.807, 2.05) is 0 Å². The van der Waals surface area contributed by atoms with Gasteiger partial charge in [-0.2, -0.15) is 0 Å². The highest BCUT2D eigenvalue weighted by atomic mass is 19.1. The zero-order valence-electron chi connectivity index (χ0n) is 4.93. The Morgan fingerprint density at radius 3 is 2.22 bits per heavy atom. The van der Waals surface area contributed by atoms with Gasteiger partial charge in [-0.3, -0.25) is 9.59 Å². The Bertz CT molecular complexity index is 132. The van der Waals surface area contributed by atoms with E-state index in [2.05, 4.69) is 0 Å². The van der Waals surface area contributed by atoms with Gasteiger partial charge in [-0.05, 0) is 0 Å². The number of alkyl halides is 1. The molecule has 0 saturated heterocycles. The van der Waals surface area contributed by atoms with Gasteiger partial charge in [-0.1, -0.05) is 0 Å². The maximum Gasteiger partial charge on any atom is 0.234 e. The predicted octanol–water partition coefficient (Wildman–Crippen LogP) is -0.525. The van der Waals surface area contributed by atoms with Crippen molar-refractivity contribution in [3.05, 3.63) is 0 Å². The summed E-state index contributed by atoms with van der Waals surface area (Å²) in [5.74, 6) is -2.03. The van der Waals surface area contributed by atoms with Crippen LogP contribution in [-0.2, 0) is 9.59 Å². The number of ketones is 2. The van der Waals surface area contributed by atoms with Crippen molar-refractivity contribution in [3.8, 4) is 0 Å². The van der Waals surface area contributed by atoms with Crippen molar-refractivity contribution >= 4 is 11.6 Å². The molecule has 0 amide bonds. The van der Waals surface area contributed by atoms with Gasteiger partial charge in [-0.15, -0.1) is 0 Å². The second kappa shape index (κ2) is 3.29. The zero-order valence-corrected chi connectivity index (χ0v) is 4.93. The Morgan fingerprint density at radius 1 is 1.67 bits per heavy atom. The molecule has 0 radical (unpaired) electrons. The maximum atomic E-state index is 12.0. The second-order valence-corrected chi connectivity index (χ2v) is 1.57. The zero-order chi connectivity index (χ0) is 7.44. The van der Waals surface area contributed by atoms with Crippen LogP contribution in [0.1, 0.15) is 6.92 Å². The molecule has 3 nitrogen and oxygen atoms in total. The molecule has 0 bridgehead atoms. The predicted molar refractivity (Wildman–Crippen MR) is 27.7 cm³/mol. The third-order valence-electron chi connectivity index (χ3n) is 0.792. The lowest BCUT2D eigenvalue weighted by Gasteiger charge is -1.96. The molecule has 1 unspecified atom stereocenters. The summed E-state index contributed by atoms with van der Waals surface area (Å²) in [6.45, 7) is 0.0446. The van der Waals surface area contributed by atoms with Gasteiger partial charge in [0.1, 0.15) is 0 Å². The number of Topliss-reactive ketones (excluding diaryl/α,β-unsaturated/α-hetero) is 2. The van der Waals surface area contributed by atoms with Crippen LogP contribution in [0, 0.1) is 0 Å². The summed E-state index contributed by atoms with van der Waals surface area (Å²) in [4.78, 5) is 20.2. The molecule has 0 aromatic heterocycles. The highest BCUT2D eigenvalue weighted by Gasteiger charge is 2.19. The summed E-state index contributed by atoms with van der Waals surface area (Å²) < 4.78 is 12.0. The second-order valence-electron chi connectivity index (χ2n) is 1.57. The largest absolute Gasteiger partial charge is 0.393 e. The van der Waals surface area contributed by atoms with Crippen molar-refractivity contribution in [1.29, 1.82) is 0 Å². The molecular formula is C5H7FO3. The van der Waals surface area contributed by atoms with E-state index in [0.717, 1.165) is 6.92 Å². The Hall–Kier alpha value is -0.770. The van der Waals surface area contributed by atoms with Gasteiger partial charge >= 0.3 is 0 Å². The van der Waals surface area contributed by atoms with Crippen molar-refractivity contribution in [3.63, 3.8) is 0 Å². The van der Waals surface area contributed by atoms with Crippen LogP contribution in [0.2, 0.25) is 0 Å². The van der Waals surface area contributed by atoms with Crippen LogP contribution in [0.25, 0.3) is 0 Å². The highest BCUT2D eigenvalue weighted by molar-refractivity contribution is 6.37. The number of hydrogen-bond acceptors (Lipinski definition) is 3. The molecule has 4 heteroatoms. The summed E-state index contributed by atoms with van der Waals surface area (Å²) in [6, 6.07) is 0. The Kier molecular flexibility index (Phi) is 3.01. The Morgan fingerprint density at radius 2 is 2.11 bits per heavy atom. The summed E-state index contributed by atoms with van der Waals surface area (Å²) in [5, 5.41) is 8.01. The van der Waals surface area contributed by atoms with Gasteiger partial charge in [0.05, 0.1) is 6.61 Å². The molecule has 0 aromatic rings. The molecule has 0 aliphatic rings. The van der Waals surface area contributed by atoms with Crippen LogP contribution < -0.4 is 0 Å². The number of aliphatic hydroxyl groups excluding tert-OH is 1. The summed E-state index contributed by atoms with van der Waals surface area (Å²) in [7, 11) is 0. The Labute approximate surface area is 51.5 Å². The lowest BCUT2D eigenvalue weighted by Crippen LogP contribution is -2.25. The summed E-state index contributed by atoms with van der Waals surface area (Å²) >= 11 is 0. The van der Waals surface area contributed by atoms with Gasteiger partial charge < -0.3 is 5.11 Å². The third kappa shape index (κ3) is 2.32. The summed E-state index contributed by atoms with van der Waals surface area (Å²) in [5.41, 5.74) is 0. The van der Waals surface area contributed by atoms with E-state index in [1.165, 1.54) is 0 Å². The molecule has 0 rings (SSSR count). The molecule has 0 heterocycles. The first-order valence-electron chi connectivity index (χ1n) is 2.39.